The lowest BCUT2D eigenvalue weighted by Gasteiger charge is -2.18. The normalized spacial score (nSPS) is 11.0. The zero-order valence-corrected chi connectivity index (χ0v) is 22.6. The molecule has 41 heavy (non-hydrogen) atoms. The Morgan fingerprint density at radius 3 is 2.17 bits per heavy atom. The van der Waals surface area contributed by atoms with Gasteiger partial charge >= 0.3 is 6.09 Å². The van der Waals surface area contributed by atoms with E-state index >= 15 is 0 Å². The summed E-state index contributed by atoms with van der Waals surface area (Å²) in [6, 6.07) is 14.8. The molecule has 0 bridgehead atoms. The number of amides is 4. The van der Waals surface area contributed by atoms with E-state index < -0.39 is 23.9 Å². The van der Waals surface area contributed by atoms with Gasteiger partial charge in [-0.3, -0.25) is 14.4 Å². The number of ether oxygens (including phenoxy) is 3. The molecule has 220 valence electrons. The number of nitrogens with two attached hydrogens (primary N) is 1. The van der Waals surface area contributed by atoms with Gasteiger partial charge in [-0.1, -0.05) is 59.7 Å². The molecule has 0 aliphatic rings. The van der Waals surface area contributed by atoms with Crippen molar-refractivity contribution < 1.29 is 33.4 Å². The summed E-state index contributed by atoms with van der Waals surface area (Å²) in [5.74, 6) is -1.25. The summed E-state index contributed by atoms with van der Waals surface area (Å²) in [5, 5.41) is 11.3. The van der Waals surface area contributed by atoms with Crippen LogP contribution in [-0.2, 0) is 41.6 Å². The van der Waals surface area contributed by atoms with E-state index in [2.05, 4.69) is 26.0 Å². The molecule has 0 aliphatic heterocycles. The number of rotatable bonds is 19. The Morgan fingerprint density at radius 1 is 0.878 bits per heavy atom. The Labute approximate surface area is 237 Å². The molecule has 0 fully saturated rings. The highest BCUT2D eigenvalue weighted by Crippen LogP contribution is 2.13. The third-order valence-corrected chi connectivity index (χ3v) is 5.45. The summed E-state index contributed by atoms with van der Waals surface area (Å²) in [6.45, 7) is 1.61. The van der Waals surface area contributed by atoms with Gasteiger partial charge < -0.3 is 35.9 Å². The fourth-order valence-corrected chi connectivity index (χ4v) is 3.40. The van der Waals surface area contributed by atoms with Gasteiger partial charge in [0.05, 0.1) is 32.8 Å². The van der Waals surface area contributed by atoms with Crippen LogP contribution in [0.3, 0.4) is 0 Å². The minimum atomic E-state index is -0.999. The van der Waals surface area contributed by atoms with Crippen LogP contribution in [0.2, 0.25) is 0 Å². The second-order valence-electron chi connectivity index (χ2n) is 8.66. The van der Waals surface area contributed by atoms with Crippen molar-refractivity contribution >= 4 is 29.5 Å². The molecule has 2 aromatic carbocycles. The predicted octanol–water partition coefficient (Wildman–Crippen LogP) is 2.00. The molecule has 0 aliphatic carbocycles. The van der Waals surface area contributed by atoms with Gasteiger partial charge in [0, 0.05) is 30.1 Å². The smallest absolute Gasteiger partial charge is 0.408 e. The van der Waals surface area contributed by atoms with Crippen LogP contribution < -0.4 is 21.7 Å². The Kier molecular flexibility index (Phi) is 15.4. The van der Waals surface area contributed by atoms with E-state index in [1.165, 1.54) is 0 Å². The molecule has 2 rings (SSSR count). The van der Waals surface area contributed by atoms with Crippen LogP contribution in [-0.4, -0.2) is 69.4 Å². The summed E-state index contributed by atoms with van der Waals surface area (Å²) in [6.07, 6.45) is -0.656. The monoisotopic (exact) mass is 569 g/mol. The Balaban J connectivity index is 1.54. The van der Waals surface area contributed by atoms with Crippen molar-refractivity contribution in [3.05, 3.63) is 76.2 Å². The molecule has 0 saturated carbocycles. The molecular formula is C27H35N7O7. The minimum Gasteiger partial charge on any atom is -0.445 e. The first-order valence-electron chi connectivity index (χ1n) is 13.0. The molecular weight excluding hydrogens is 534 g/mol. The number of hydrogen-bond acceptors (Lipinski definition) is 8. The second-order valence-corrected chi connectivity index (χ2v) is 8.66. The topological polar surface area (TPSA) is 207 Å². The van der Waals surface area contributed by atoms with Crippen molar-refractivity contribution in [2.24, 2.45) is 10.8 Å². The molecule has 0 radical (unpaired) electrons. The quantitative estimate of drug-likeness (QED) is 0.0855. The fraction of sp³-hybridized carbons (Fsp3) is 0.407. The molecule has 2 aromatic rings. The SMILES string of the molecule is [N-]=[N+]=Nc1ccc(CC(=O)NCCOCCOCCNC(=O)C(CCC(N)=O)NC(=O)OCc2ccccc2)cc1. The van der Waals surface area contributed by atoms with Crippen LogP contribution >= 0.6 is 0 Å². The number of nitrogens with one attached hydrogen (secondary N) is 3. The van der Waals surface area contributed by atoms with E-state index in [9.17, 15) is 19.2 Å². The van der Waals surface area contributed by atoms with Crippen LogP contribution in [0, 0.1) is 0 Å². The van der Waals surface area contributed by atoms with Crippen molar-refractivity contribution in [1.29, 1.82) is 0 Å². The summed E-state index contributed by atoms with van der Waals surface area (Å²) >= 11 is 0. The lowest BCUT2D eigenvalue weighted by molar-refractivity contribution is -0.124. The van der Waals surface area contributed by atoms with Crippen molar-refractivity contribution in [1.82, 2.24) is 16.0 Å². The molecule has 14 nitrogen and oxygen atoms in total. The molecule has 1 unspecified atom stereocenters. The Morgan fingerprint density at radius 2 is 1.54 bits per heavy atom. The number of primary amides is 1. The number of alkyl carbamates (subject to hydrolysis) is 1. The third-order valence-electron chi connectivity index (χ3n) is 5.45. The lowest BCUT2D eigenvalue weighted by atomic mass is 10.1. The molecule has 4 amide bonds. The zero-order chi connectivity index (χ0) is 29.7. The molecule has 0 spiro atoms. The predicted molar refractivity (Wildman–Crippen MR) is 149 cm³/mol. The number of hydrogen-bond donors (Lipinski definition) is 4. The first-order valence-corrected chi connectivity index (χ1v) is 13.0. The van der Waals surface area contributed by atoms with E-state index in [0.717, 1.165) is 11.1 Å². The van der Waals surface area contributed by atoms with Gasteiger partial charge in [-0.2, -0.15) is 0 Å². The standard InChI is InChI=1S/C27H35N7O7/c28-24(35)11-10-23(32-27(38)41-19-21-4-2-1-3-5-21)26(37)31-13-15-40-17-16-39-14-12-30-25(36)18-20-6-8-22(9-7-20)33-34-29/h1-9,23H,10-19H2,(H2,28,35)(H,30,36)(H,31,37)(H,32,38). The summed E-state index contributed by atoms with van der Waals surface area (Å²) in [4.78, 5) is 50.5. The molecule has 0 heterocycles. The van der Waals surface area contributed by atoms with Crippen LogP contribution in [0.15, 0.2) is 59.7 Å². The highest BCUT2D eigenvalue weighted by Gasteiger charge is 2.22. The van der Waals surface area contributed by atoms with E-state index in [-0.39, 0.29) is 51.5 Å². The van der Waals surface area contributed by atoms with Gasteiger partial charge in [-0.15, -0.1) is 0 Å². The highest BCUT2D eigenvalue weighted by atomic mass is 16.5. The van der Waals surface area contributed by atoms with Gasteiger partial charge in [0.15, 0.2) is 0 Å². The van der Waals surface area contributed by atoms with E-state index in [1.807, 2.05) is 18.2 Å². The average Bonchev–Trinajstić information content (AvgIpc) is 2.96. The number of azide groups is 1. The fourth-order valence-electron chi connectivity index (χ4n) is 3.40. The molecule has 0 saturated heterocycles. The molecule has 5 N–H and O–H groups in total. The van der Waals surface area contributed by atoms with Gasteiger partial charge in [0.1, 0.15) is 12.6 Å². The van der Waals surface area contributed by atoms with Crippen molar-refractivity contribution in [2.45, 2.75) is 31.9 Å². The first-order chi connectivity index (χ1) is 19.9. The van der Waals surface area contributed by atoms with Crippen LogP contribution in [0.1, 0.15) is 24.0 Å². The van der Waals surface area contributed by atoms with Gasteiger partial charge in [0.2, 0.25) is 17.7 Å². The number of benzene rings is 2. The maximum Gasteiger partial charge on any atom is 0.408 e. The maximum atomic E-state index is 12.5. The third kappa shape index (κ3) is 14.9. The van der Waals surface area contributed by atoms with E-state index in [4.69, 9.17) is 25.5 Å². The highest BCUT2D eigenvalue weighted by molar-refractivity contribution is 5.86. The lowest BCUT2D eigenvalue weighted by Crippen LogP contribution is -2.48. The largest absolute Gasteiger partial charge is 0.445 e. The van der Waals surface area contributed by atoms with Crippen LogP contribution in [0.5, 0.6) is 0 Å². The minimum absolute atomic E-state index is 0.0243. The number of carbonyl (C=O) groups excluding carboxylic acids is 4. The van der Waals surface area contributed by atoms with Crippen molar-refractivity contribution in [3.8, 4) is 0 Å². The van der Waals surface area contributed by atoms with Gasteiger partial charge in [-0.05, 0) is 23.1 Å². The molecule has 14 heteroatoms. The van der Waals surface area contributed by atoms with E-state index in [1.54, 1.807) is 36.4 Å². The Hall–Kier alpha value is -4.65. The van der Waals surface area contributed by atoms with Crippen LogP contribution in [0.25, 0.3) is 10.4 Å². The first kappa shape index (κ1) is 32.6. The number of carbonyl (C=O) groups is 4. The Bertz CT molecular complexity index is 1160. The molecule has 0 aromatic heterocycles. The maximum absolute atomic E-state index is 12.5. The zero-order valence-electron chi connectivity index (χ0n) is 22.6. The van der Waals surface area contributed by atoms with Crippen molar-refractivity contribution in [3.63, 3.8) is 0 Å². The van der Waals surface area contributed by atoms with Crippen LogP contribution in [0.4, 0.5) is 10.5 Å². The average molecular weight is 570 g/mol. The van der Waals surface area contributed by atoms with E-state index in [0.29, 0.717) is 25.4 Å². The molecule has 1 atom stereocenters. The number of nitrogens with zero attached hydrogens (tertiary/aromatic N) is 3. The second kappa shape index (κ2) is 19.4. The van der Waals surface area contributed by atoms with Crippen molar-refractivity contribution in [2.75, 3.05) is 39.5 Å². The van der Waals surface area contributed by atoms with Gasteiger partial charge in [0.25, 0.3) is 0 Å². The van der Waals surface area contributed by atoms with Gasteiger partial charge in [-0.25, -0.2) is 4.79 Å². The summed E-state index contributed by atoms with van der Waals surface area (Å²) in [5.41, 5.74) is 15.7. The summed E-state index contributed by atoms with van der Waals surface area (Å²) < 4.78 is 16.0. The summed E-state index contributed by atoms with van der Waals surface area (Å²) in [7, 11) is 0.